The molecule has 0 saturated heterocycles. The molecule has 0 bridgehead atoms. The van der Waals surface area contributed by atoms with Crippen molar-refractivity contribution in [3.8, 4) is 56.1 Å². The van der Waals surface area contributed by atoms with Crippen molar-refractivity contribution in [3.63, 3.8) is 0 Å². The summed E-state index contributed by atoms with van der Waals surface area (Å²) in [4.78, 5) is 4.67. The second-order valence-electron chi connectivity index (χ2n) is 19.6. The first-order valence-electron chi connectivity index (χ1n) is 26.7. The standard InChI is InChI=1S/C74H52N4/c1-9-27-53(28-10-1)67-69-65-43-25-26-44-66(65)70-68(54-29-11-2-12-30-54)72(56-33-15-4-16-34-56)78(64-51-47-62(48-52-64)76(59-39-21-7-22-40-59)60-41-23-8-24-42-60)74(70)73(69)77(71(67)55-31-13-3-14-32-55)63-49-45-61(46-50-63)75(57-35-17-5-18-36-57)58-37-19-6-20-38-58/h1-52H. The second-order valence-corrected chi connectivity index (χ2v) is 19.6. The summed E-state index contributed by atoms with van der Waals surface area (Å²) in [5.74, 6) is 0. The van der Waals surface area contributed by atoms with Crippen molar-refractivity contribution in [2.45, 2.75) is 0 Å². The quantitative estimate of drug-likeness (QED) is 0.121. The van der Waals surface area contributed by atoms with Gasteiger partial charge in [0.15, 0.2) is 0 Å². The molecule has 4 nitrogen and oxygen atoms in total. The van der Waals surface area contributed by atoms with Crippen molar-refractivity contribution < 1.29 is 0 Å². The van der Waals surface area contributed by atoms with Gasteiger partial charge in [0.1, 0.15) is 0 Å². The van der Waals surface area contributed by atoms with Gasteiger partial charge in [-0.3, -0.25) is 0 Å². The lowest BCUT2D eigenvalue weighted by Crippen LogP contribution is -2.10. The van der Waals surface area contributed by atoms with Gasteiger partial charge in [0.2, 0.25) is 0 Å². The molecular formula is C74H52N4. The number of rotatable bonds is 12. The van der Waals surface area contributed by atoms with Crippen molar-refractivity contribution in [3.05, 3.63) is 315 Å². The summed E-state index contributed by atoms with van der Waals surface area (Å²) in [6, 6.07) is 114. The summed E-state index contributed by atoms with van der Waals surface area (Å²) in [6.45, 7) is 0. The minimum absolute atomic E-state index is 1.05. The van der Waals surface area contributed by atoms with Crippen LogP contribution in [0.15, 0.2) is 315 Å². The fraction of sp³-hybridized carbons (Fsp3) is 0. The molecule has 14 rings (SSSR count). The van der Waals surface area contributed by atoms with E-state index < -0.39 is 0 Å². The molecule has 0 aliphatic carbocycles. The Kier molecular flexibility index (Phi) is 11.8. The highest BCUT2D eigenvalue weighted by atomic mass is 15.2. The molecule has 78 heavy (non-hydrogen) atoms. The maximum absolute atomic E-state index is 2.57. The van der Waals surface area contributed by atoms with Crippen LogP contribution in [0, 0.1) is 0 Å². The molecule has 0 aliphatic heterocycles. The first kappa shape index (κ1) is 46.1. The molecule has 368 valence electrons. The molecule has 0 spiro atoms. The predicted molar refractivity (Wildman–Crippen MR) is 329 cm³/mol. The Morgan fingerprint density at radius 3 is 0.718 bits per heavy atom. The summed E-state index contributed by atoms with van der Waals surface area (Å²) in [6.07, 6.45) is 0. The van der Waals surface area contributed by atoms with E-state index in [1.165, 1.54) is 32.7 Å². The summed E-state index contributed by atoms with van der Waals surface area (Å²) in [7, 11) is 0. The summed E-state index contributed by atoms with van der Waals surface area (Å²) < 4.78 is 5.14. The van der Waals surface area contributed by atoms with Crippen molar-refractivity contribution >= 4 is 66.7 Å². The van der Waals surface area contributed by atoms with Crippen molar-refractivity contribution in [1.29, 1.82) is 0 Å². The summed E-state index contributed by atoms with van der Waals surface area (Å²) >= 11 is 0. The molecule has 0 N–H and O–H groups in total. The van der Waals surface area contributed by atoms with E-state index in [0.29, 0.717) is 0 Å². The SMILES string of the molecule is c1ccc(-c2c(-c3ccccc3)n(-c3ccc(N(c4ccccc4)c4ccccc4)cc3)c3c2c2ccccc2c2c(-c4ccccc4)c(-c4ccccc4)n(-c4ccc(N(c5ccccc5)c5ccccc5)cc4)c23)cc1. The van der Waals surface area contributed by atoms with E-state index in [0.717, 1.165) is 90.2 Å². The van der Waals surface area contributed by atoms with Gasteiger partial charge in [-0.15, -0.1) is 0 Å². The van der Waals surface area contributed by atoms with Crippen LogP contribution in [-0.4, -0.2) is 9.13 Å². The van der Waals surface area contributed by atoms with Crippen LogP contribution in [0.2, 0.25) is 0 Å². The molecule has 0 unspecified atom stereocenters. The number of aromatic nitrogens is 2. The molecule has 0 aliphatic rings. The number of hydrogen-bond acceptors (Lipinski definition) is 2. The zero-order valence-electron chi connectivity index (χ0n) is 42.8. The molecule has 2 aromatic heterocycles. The van der Waals surface area contributed by atoms with Gasteiger partial charge in [-0.2, -0.15) is 0 Å². The number of nitrogens with zero attached hydrogens (tertiary/aromatic N) is 4. The fourth-order valence-corrected chi connectivity index (χ4v) is 11.8. The van der Waals surface area contributed by atoms with E-state index in [4.69, 9.17) is 0 Å². The predicted octanol–water partition coefficient (Wildman–Crippen LogP) is 20.3. The van der Waals surface area contributed by atoms with Gasteiger partial charge in [0.25, 0.3) is 0 Å². The highest BCUT2D eigenvalue weighted by molar-refractivity contribution is 6.33. The Morgan fingerprint density at radius 2 is 0.436 bits per heavy atom. The lowest BCUT2D eigenvalue weighted by atomic mass is 9.91. The summed E-state index contributed by atoms with van der Waals surface area (Å²) in [5, 5.41) is 4.76. The zero-order chi connectivity index (χ0) is 51.8. The Labute approximate surface area is 454 Å². The lowest BCUT2D eigenvalue weighted by Gasteiger charge is -2.26. The van der Waals surface area contributed by atoms with Crippen LogP contribution >= 0.6 is 0 Å². The third-order valence-electron chi connectivity index (χ3n) is 15.0. The first-order valence-corrected chi connectivity index (χ1v) is 26.7. The average molecular weight is 997 g/mol. The molecule has 0 fully saturated rings. The van der Waals surface area contributed by atoms with Crippen LogP contribution in [0.5, 0.6) is 0 Å². The van der Waals surface area contributed by atoms with Crippen LogP contribution in [-0.2, 0) is 0 Å². The normalized spacial score (nSPS) is 11.3. The largest absolute Gasteiger partial charge is 0.311 e. The monoisotopic (exact) mass is 996 g/mol. The van der Waals surface area contributed by atoms with Gasteiger partial charge >= 0.3 is 0 Å². The van der Waals surface area contributed by atoms with Gasteiger partial charge in [0, 0.05) is 67.4 Å². The van der Waals surface area contributed by atoms with Crippen LogP contribution in [0.4, 0.5) is 34.1 Å². The van der Waals surface area contributed by atoms with Gasteiger partial charge in [-0.25, -0.2) is 0 Å². The topological polar surface area (TPSA) is 16.3 Å². The Balaban J connectivity index is 1.15. The Morgan fingerprint density at radius 1 is 0.205 bits per heavy atom. The molecule has 2 heterocycles. The molecule has 4 heteroatoms. The van der Waals surface area contributed by atoms with Crippen molar-refractivity contribution in [1.82, 2.24) is 9.13 Å². The number of anilines is 6. The number of hydrogen-bond donors (Lipinski definition) is 0. The van der Waals surface area contributed by atoms with Crippen LogP contribution in [0.1, 0.15) is 0 Å². The molecular weight excluding hydrogens is 945 g/mol. The van der Waals surface area contributed by atoms with Crippen molar-refractivity contribution in [2.24, 2.45) is 0 Å². The van der Waals surface area contributed by atoms with E-state index in [9.17, 15) is 0 Å². The highest BCUT2D eigenvalue weighted by Gasteiger charge is 2.32. The summed E-state index contributed by atoms with van der Waals surface area (Å²) in [5.41, 5.74) is 20.0. The Hall–Kier alpha value is -10.4. The molecule has 0 radical (unpaired) electrons. The molecule has 14 aromatic rings. The highest BCUT2D eigenvalue weighted by Crippen LogP contribution is 2.54. The molecule has 0 amide bonds. The van der Waals surface area contributed by atoms with Crippen molar-refractivity contribution in [2.75, 3.05) is 9.80 Å². The lowest BCUT2D eigenvalue weighted by molar-refractivity contribution is 1.10. The molecule has 0 atom stereocenters. The van der Waals surface area contributed by atoms with Gasteiger partial charge in [-0.1, -0.05) is 218 Å². The smallest absolute Gasteiger partial charge is 0.0795 e. The van der Waals surface area contributed by atoms with Gasteiger partial charge in [0.05, 0.1) is 22.4 Å². The maximum atomic E-state index is 2.57. The number of benzene rings is 12. The van der Waals surface area contributed by atoms with E-state index >= 15 is 0 Å². The van der Waals surface area contributed by atoms with Gasteiger partial charge < -0.3 is 18.9 Å². The van der Waals surface area contributed by atoms with E-state index in [-0.39, 0.29) is 0 Å². The molecule has 12 aromatic carbocycles. The number of fused-ring (bicyclic) bond motifs is 6. The number of para-hydroxylation sites is 4. The molecule has 0 saturated carbocycles. The third-order valence-corrected chi connectivity index (χ3v) is 15.0. The minimum Gasteiger partial charge on any atom is -0.311 e. The van der Waals surface area contributed by atoms with Crippen LogP contribution < -0.4 is 9.80 Å². The fourth-order valence-electron chi connectivity index (χ4n) is 11.8. The van der Waals surface area contributed by atoms with E-state index in [1.54, 1.807) is 0 Å². The zero-order valence-corrected chi connectivity index (χ0v) is 42.8. The van der Waals surface area contributed by atoms with Crippen LogP contribution in [0.25, 0.3) is 88.7 Å². The maximum Gasteiger partial charge on any atom is 0.0795 e. The average Bonchev–Trinajstić information content (AvgIpc) is 4.28. The van der Waals surface area contributed by atoms with E-state index in [1.807, 2.05) is 0 Å². The minimum atomic E-state index is 1.05. The first-order chi connectivity index (χ1) is 38.8. The third kappa shape index (κ3) is 8.03. The second kappa shape index (κ2) is 20.0. The van der Waals surface area contributed by atoms with Crippen LogP contribution in [0.3, 0.4) is 0 Å². The van der Waals surface area contributed by atoms with E-state index in [2.05, 4.69) is 334 Å². The Bertz CT molecular complexity index is 3990. The van der Waals surface area contributed by atoms with Gasteiger partial charge in [-0.05, 0) is 130 Å².